The minimum absolute atomic E-state index is 0. The van der Waals surface area contributed by atoms with Gasteiger partial charge in [0.05, 0.1) is 5.41 Å². The minimum Gasteiger partial charge on any atom is -0.509 e. The van der Waals surface area contributed by atoms with Gasteiger partial charge in [0.25, 0.3) is 0 Å². The molecule has 0 unspecified atom stereocenters. The fourth-order valence-corrected chi connectivity index (χ4v) is 14.5. The maximum absolute atomic E-state index is 8.16. The SMILES string of the molecule is [2H]C([2H])([2H])c1cccc(-c2cnc(-n3c4[c-]c(Oc5[c-]c(N6[CH-]N(c7c(-c8cc(C(C)(C)C)cc(C(C)(C)C)c8)cccc7-c7ccc8c(c7)-c7ccccc7C87c8ccccc8Oc8ccccc87)c7ccccc76)ccc5)ccc4c4ccccc43)cc2C(C)(C)C)c1.[Pt]. The molecule has 93 heavy (non-hydrogen) atoms. The summed E-state index contributed by atoms with van der Waals surface area (Å²) in [7, 11) is 0. The Morgan fingerprint density at radius 2 is 1.08 bits per heavy atom. The Kier molecular flexibility index (Phi) is 13.4. The van der Waals surface area contributed by atoms with E-state index in [1.165, 1.54) is 33.4 Å². The van der Waals surface area contributed by atoms with Gasteiger partial charge in [0, 0.05) is 93.3 Å². The molecule has 0 bridgehead atoms. The van der Waals surface area contributed by atoms with E-state index in [1.54, 1.807) is 12.1 Å². The van der Waals surface area contributed by atoms with Crippen LogP contribution in [-0.2, 0) is 42.7 Å². The fraction of sp³-hybridized carbons (Fsp3) is 0.163. The summed E-state index contributed by atoms with van der Waals surface area (Å²) in [5, 5.41) is 2.07. The van der Waals surface area contributed by atoms with E-state index in [4.69, 9.17) is 18.6 Å². The van der Waals surface area contributed by atoms with Crippen LogP contribution in [0.1, 0.15) is 111 Å². The first-order valence-corrected chi connectivity index (χ1v) is 31.8. The van der Waals surface area contributed by atoms with Crippen molar-refractivity contribution in [2.45, 2.75) is 90.8 Å². The third-order valence-electron chi connectivity index (χ3n) is 18.9. The quantitative estimate of drug-likeness (QED) is 0.142. The number of fused-ring (bicyclic) bond motifs is 13. The number of pyridine rings is 1. The van der Waals surface area contributed by atoms with E-state index in [1.807, 2.05) is 42.6 Å². The number of rotatable bonds is 8. The molecule has 0 fully saturated rings. The summed E-state index contributed by atoms with van der Waals surface area (Å²) in [6, 6.07) is 91.1. The number of ether oxygens (including phenoxy) is 2. The Hall–Kier alpha value is -9.74. The van der Waals surface area contributed by atoms with Gasteiger partial charge in [-0.25, -0.2) is 4.98 Å². The van der Waals surface area contributed by atoms with Gasteiger partial charge in [-0.1, -0.05) is 237 Å². The Morgan fingerprint density at radius 1 is 0.473 bits per heavy atom. The van der Waals surface area contributed by atoms with E-state index in [9.17, 15) is 0 Å². The molecule has 0 N–H and O–H groups in total. The Bertz CT molecular complexity index is 5200. The third kappa shape index (κ3) is 9.82. The molecule has 11 aromatic carbocycles. The van der Waals surface area contributed by atoms with E-state index in [2.05, 4.69) is 284 Å². The van der Waals surface area contributed by atoms with Crippen molar-refractivity contribution in [1.82, 2.24) is 9.55 Å². The van der Waals surface area contributed by atoms with Gasteiger partial charge >= 0.3 is 0 Å². The molecule has 0 radical (unpaired) electrons. The molecule has 6 nitrogen and oxygen atoms in total. The number of hydrogen-bond donors (Lipinski definition) is 0. The predicted octanol–water partition coefficient (Wildman–Crippen LogP) is 22.6. The van der Waals surface area contributed by atoms with Crippen molar-refractivity contribution in [3.05, 3.63) is 306 Å². The Labute approximate surface area is 565 Å². The van der Waals surface area contributed by atoms with Crippen molar-refractivity contribution < 1.29 is 34.7 Å². The van der Waals surface area contributed by atoms with Crippen molar-refractivity contribution in [3.63, 3.8) is 0 Å². The maximum atomic E-state index is 8.16. The normalized spacial score (nSPS) is 14.3. The van der Waals surface area contributed by atoms with Crippen LogP contribution in [-0.4, -0.2) is 9.55 Å². The van der Waals surface area contributed by atoms with Crippen molar-refractivity contribution in [3.8, 4) is 73.3 Å². The first-order valence-electron chi connectivity index (χ1n) is 33.3. The molecule has 2 aliphatic heterocycles. The second kappa shape index (κ2) is 22.2. The summed E-state index contributed by atoms with van der Waals surface area (Å²) in [6.45, 7) is 20.4. The summed E-state index contributed by atoms with van der Waals surface area (Å²) < 4.78 is 40.2. The molecule has 4 heterocycles. The molecule has 3 aliphatic rings. The molecular formula is C86H71N4O2Pt-3. The summed E-state index contributed by atoms with van der Waals surface area (Å²) in [6.07, 6.45) is 1.88. The second-order valence-corrected chi connectivity index (χ2v) is 27.9. The van der Waals surface area contributed by atoms with Crippen molar-refractivity contribution >= 4 is 44.6 Å². The zero-order valence-electron chi connectivity index (χ0n) is 56.6. The molecule has 0 saturated heterocycles. The van der Waals surface area contributed by atoms with Crippen molar-refractivity contribution in [2.24, 2.45) is 0 Å². The minimum atomic E-state index is -2.24. The second-order valence-electron chi connectivity index (χ2n) is 27.9. The van der Waals surface area contributed by atoms with Gasteiger partial charge in [-0.05, 0) is 127 Å². The summed E-state index contributed by atoms with van der Waals surface area (Å²) in [4.78, 5) is 9.75. The summed E-state index contributed by atoms with van der Waals surface area (Å²) in [5.41, 5.74) is 21.7. The van der Waals surface area contributed by atoms with Gasteiger partial charge in [-0.3, -0.25) is 0 Å². The van der Waals surface area contributed by atoms with E-state index < -0.39 is 12.3 Å². The fourth-order valence-electron chi connectivity index (χ4n) is 14.5. The smallest absolute Gasteiger partial charge is 0.135 e. The average Bonchev–Trinajstić information content (AvgIpc) is 1.49. The molecule has 7 heteroatoms. The molecule has 1 spiro atoms. The Morgan fingerprint density at radius 3 is 1.80 bits per heavy atom. The molecule has 0 amide bonds. The van der Waals surface area contributed by atoms with Crippen LogP contribution >= 0.6 is 0 Å². The van der Waals surface area contributed by atoms with Crippen LogP contribution in [0.4, 0.5) is 22.7 Å². The topological polar surface area (TPSA) is 42.8 Å². The largest absolute Gasteiger partial charge is 0.509 e. The monoisotopic (exact) mass is 1390 g/mol. The van der Waals surface area contributed by atoms with Crippen LogP contribution in [0.3, 0.4) is 0 Å². The summed E-state index contributed by atoms with van der Waals surface area (Å²) in [5.74, 6) is 3.51. The van der Waals surface area contributed by atoms with Crippen LogP contribution in [0.25, 0.3) is 72.1 Å². The van der Waals surface area contributed by atoms with Gasteiger partial charge in [0.15, 0.2) is 0 Å². The first kappa shape index (κ1) is 56.0. The average molecular weight is 1390 g/mol. The van der Waals surface area contributed by atoms with Gasteiger partial charge in [-0.2, -0.15) is 12.1 Å². The van der Waals surface area contributed by atoms with Crippen LogP contribution < -0.4 is 19.3 Å². The van der Waals surface area contributed by atoms with E-state index in [0.29, 0.717) is 17.1 Å². The van der Waals surface area contributed by atoms with Crippen molar-refractivity contribution in [2.75, 3.05) is 9.80 Å². The Balaban J connectivity index is 0.00000756. The molecule has 0 atom stereocenters. The van der Waals surface area contributed by atoms with Crippen LogP contribution in [0, 0.1) is 25.7 Å². The standard InChI is InChI=1S/C86H71N4O2.Pt/c1-54-24-21-25-55(44-54)69-52-87-81(51-74(69)85(8,9)10)90-75-35-16-12-29-66(75)67-42-41-62(50-78(67)90)91-61-27-22-26-60(49-61)88-53-89(77-37-18-17-36-76(77)88)82-63(30-23-31-64(82)57-45-58(83(2,3)4)48-59(46-57)84(5,6)7)56-40-43-71-68(47-56)65-28-11-13-32-70(65)86(71)72-33-14-19-38-79(72)92-80-39-20-15-34-73(80)86;/h11-48,51-53H,1-10H3;/q-3;/i1D3;. The zero-order valence-corrected chi connectivity index (χ0v) is 55.9. The van der Waals surface area contributed by atoms with Crippen LogP contribution in [0.5, 0.6) is 23.0 Å². The van der Waals surface area contributed by atoms with Gasteiger partial charge in [-0.15, -0.1) is 48.1 Å². The van der Waals surface area contributed by atoms with Crippen molar-refractivity contribution in [1.29, 1.82) is 0 Å². The molecule has 13 aromatic rings. The summed E-state index contributed by atoms with van der Waals surface area (Å²) >= 11 is 0. The number of anilines is 4. The third-order valence-corrected chi connectivity index (χ3v) is 18.9. The van der Waals surface area contributed by atoms with Gasteiger partial charge in [0.2, 0.25) is 0 Å². The zero-order chi connectivity index (χ0) is 65.5. The number of nitrogens with zero attached hydrogens (tertiary/aromatic N) is 4. The molecule has 1 aliphatic carbocycles. The van der Waals surface area contributed by atoms with E-state index in [0.717, 1.165) is 112 Å². The maximum Gasteiger partial charge on any atom is 0.135 e. The first-order chi connectivity index (χ1) is 45.6. The predicted molar refractivity (Wildman–Crippen MR) is 379 cm³/mol. The van der Waals surface area contributed by atoms with Gasteiger partial charge < -0.3 is 23.8 Å². The number of aryl methyl sites for hydroxylation is 1. The molecule has 2 aromatic heterocycles. The van der Waals surface area contributed by atoms with Crippen LogP contribution in [0.2, 0.25) is 0 Å². The molecule has 16 rings (SSSR count). The molecule has 460 valence electrons. The van der Waals surface area contributed by atoms with Gasteiger partial charge in [0.1, 0.15) is 17.3 Å². The van der Waals surface area contributed by atoms with Crippen LogP contribution in [0.15, 0.2) is 243 Å². The van der Waals surface area contributed by atoms with E-state index in [-0.39, 0.29) is 37.3 Å². The molecule has 0 saturated carbocycles. The number of benzene rings is 11. The number of para-hydroxylation sites is 6. The molecular weight excluding hydrogens is 1320 g/mol. The van der Waals surface area contributed by atoms with E-state index >= 15 is 0 Å². The number of hydrogen-bond acceptors (Lipinski definition) is 5. The number of aromatic nitrogens is 2.